The van der Waals surface area contributed by atoms with E-state index in [1.807, 2.05) is 42.5 Å². The van der Waals surface area contributed by atoms with Gasteiger partial charge >= 0.3 is 0 Å². The molecule has 126 valence electrons. The molecule has 1 aromatic carbocycles. The maximum Gasteiger partial charge on any atom is 0.254 e. The third-order valence-electron chi connectivity index (χ3n) is 4.38. The summed E-state index contributed by atoms with van der Waals surface area (Å²) in [5.41, 5.74) is 0.646. The normalized spacial score (nSPS) is 17.8. The Hall–Kier alpha value is -1.85. The highest BCUT2D eigenvalue weighted by Crippen LogP contribution is 2.28. The molecule has 1 aliphatic heterocycles. The number of carbonyl (C=O) groups excluding carboxylic acids is 1. The molecule has 2 aromatic rings. The Morgan fingerprint density at radius 2 is 2.12 bits per heavy atom. The Balaban J connectivity index is 1.66. The summed E-state index contributed by atoms with van der Waals surface area (Å²) in [4.78, 5) is 20.5. The second kappa shape index (κ2) is 8.31. The average molecular weight is 341 g/mol. The largest absolute Gasteiger partial charge is 0.350 e. The quantitative estimate of drug-likeness (QED) is 0.874. The van der Waals surface area contributed by atoms with Crippen LogP contribution in [-0.2, 0) is 0 Å². The summed E-state index contributed by atoms with van der Waals surface area (Å²) in [5.74, 6) is -0.0375. The molecule has 1 unspecified atom stereocenters. The second-order valence-electron chi connectivity index (χ2n) is 5.91. The first-order valence-electron chi connectivity index (χ1n) is 8.48. The molecule has 0 bridgehead atoms. The van der Waals surface area contributed by atoms with Crippen LogP contribution < -0.4 is 5.32 Å². The summed E-state index contributed by atoms with van der Waals surface area (Å²) >= 11 is 1.52. The maximum atomic E-state index is 12.6. The van der Waals surface area contributed by atoms with Gasteiger partial charge in [0.15, 0.2) is 0 Å². The molecule has 1 saturated heterocycles. The molecule has 5 heteroatoms. The lowest BCUT2D eigenvalue weighted by Gasteiger charge is -2.23. The van der Waals surface area contributed by atoms with Crippen molar-refractivity contribution in [3.05, 3.63) is 54.2 Å². The average Bonchev–Trinajstić information content (AvgIpc) is 3.08. The Morgan fingerprint density at radius 1 is 1.29 bits per heavy atom. The fourth-order valence-electron chi connectivity index (χ4n) is 3.09. The van der Waals surface area contributed by atoms with Crippen molar-refractivity contribution in [2.75, 3.05) is 19.6 Å². The summed E-state index contributed by atoms with van der Waals surface area (Å²) in [7, 11) is 0. The van der Waals surface area contributed by atoms with Crippen molar-refractivity contribution in [3.8, 4) is 0 Å². The molecule has 0 spiro atoms. The number of pyridine rings is 1. The van der Waals surface area contributed by atoms with Crippen LogP contribution in [0.2, 0.25) is 0 Å². The minimum atomic E-state index is -0.0375. The molecule has 1 amide bonds. The van der Waals surface area contributed by atoms with E-state index < -0.39 is 0 Å². The van der Waals surface area contributed by atoms with Crippen molar-refractivity contribution in [1.82, 2.24) is 15.2 Å². The van der Waals surface area contributed by atoms with Gasteiger partial charge in [0.2, 0.25) is 0 Å². The topological polar surface area (TPSA) is 45.2 Å². The van der Waals surface area contributed by atoms with E-state index in [4.69, 9.17) is 0 Å². The SMILES string of the molecule is CCN1CCCC1CNC(=O)c1cccnc1Sc1ccccc1. The summed E-state index contributed by atoms with van der Waals surface area (Å²) in [6.07, 6.45) is 4.11. The highest BCUT2D eigenvalue weighted by molar-refractivity contribution is 7.99. The molecular weight excluding hydrogens is 318 g/mol. The van der Waals surface area contributed by atoms with E-state index >= 15 is 0 Å². The van der Waals surface area contributed by atoms with Gasteiger partial charge < -0.3 is 5.32 Å². The smallest absolute Gasteiger partial charge is 0.254 e. The molecule has 24 heavy (non-hydrogen) atoms. The summed E-state index contributed by atoms with van der Waals surface area (Å²) in [5, 5.41) is 3.85. The Kier molecular flexibility index (Phi) is 5.88. The first-order chi connectivity index (χ1) is 11.8. The van der Waals surface area contributed by atoms with E-state index in [1.54, 1.807) is 6.20 Å². The zero-order valence-corrected chi connectivity index (χ0v) is 14.8. The standard InChI is InChI=1S/C19H23N3OS/c1-2-22-13-7-8-15(22)14-21-18(23)17-11-6-12-20-19(17)24-16-9-4-3-5-10-16/h3-6,9-12,15H,2,7-8,13-14H2,1H3,(H,21,23). The number of likely N-dealkylation sites (tertiary alicyclic amines) is 1. The monoisotopic (exact) mass is 341 g/mol. The van der Waals surface area contributed by atoms with E-state index in [0.29, 0.717) is 18.2 Å². The van der Waals surface area contributed by atoms with Crippen molar-refractivity contribution in [2.45, 2.75) is 35.7 Å². The number of hydrogen-bond acceptors (Lipinski definition) is 4. The third-order valence-corrected chi connectivity index (χ3v) is 5.40. The highest BCUT2D eigenvalue weighted by Gasteiger charge is 2.23. The number of benzene rings is 1. The lowest BCUT2D eigenvalue weighted by Crippen LogP contribution is -2.40. The van der Waals surface area contributed by atoms with Gasteiger partial charge in [0.25, 0.3) is 5.91 Å². The van der Waals surface area contributed by atoms with Crippen molar-refractivity contribution in [3.63, 3.8) is 0 Å². The van der Waals surface area contributed by atoms with Gasteiger partial charge in [0.05, 0.1) is 5.56 Å². The van der Waals surface area contributed by atoms with Gasteiger partial charge in [-0.25, -0.2) is 4.98 Å². The van der Waals surface area contributed by atoms with Crippen LogP contribution >= 0.6 is 11.8 Å². The van der Waals surface area contributed by atoms with E-state index in [1.165, 1.54) is 18.2 Å². The Bertz CT molecular complexity index is 677. The molecule has 0 aliphatic carbocycles. The summed E-state index contributed by atoms with van der Waals surface area (Å²) in [6, 6.07) is 14.1. The zero-order valence-electron chi connectivity index (χ0n) is 13.9. The van der Waals surface area contributed by atoms with Crippen LogP contribution in [0.1, 0.15) is 30.1 Å². The van der Waals surface area contributed by atoms with Gasteiger partial charge in [0.1, 0.15) is 5.03 Å². The van der Waals surface area contributed by atoms with Crippen LogP contribution in [0.15, 0.2) is 58.6 Å². The van der Waals surface area contributed by atoms with Crippen LogP contribution in [0.5, 0.6) is 0 Å². The fraction of sp³-hybridized carbons (Fsp3) is 0.368. The molecule has 3 rings (SSSR count). The van der Waals surface area contributed by atoms with Gasteiger partial charge in [-0.05, 0) is 50.2 Å². The van der Waals surface area contributed by atoms with Crippen molar-refractivity contribution >= 4 is 17.7 Å². The van der Waals surface area contributed by atoms with Crippen LogP contribution in [0.4, 0.5) is 0 Å². The van der Waals surface area contributed by atoms with E-state index in [-0.39, 0.29) is 5.91 Å². The molecule has 0 saturated carbocycles. The molecule has 4 nitrogen and oxygen atoms in total. The second-order valence-corrected chi connectivity index (χ2v) is 6.97. The number of nitrogens with one attached hydrogen (secondary N) is 1. The van der Waals surface area contributed by atoms with Gasteiger partial charge in [-0.2, -0.15) is 0 Å². The first-order valence-corrected chi connectivity index (χ1v) is 9.29. The fourth-order valence-corrected chi connectivity index (χ4v) is 3.99. The number of likely N-dealkylation sites (N-methyl/N-ethyl adjacent to an activating group) is 1. The van der Waals surface area contributed by atoms with Gasteiger partial charge in [-0.15, -0.1) is 0 Å². The number of rotatable bonds is 6. The Morgan fingerprint density at radius 3 is 2.92 bits per heavy atom. The maximum absolute atomic E-state index is 12.6. The predicted molar refractivity (Wildman–Crippen MR) is 97.4 cm³/mol. The van der Waals surface area contributed by atoms with E-state index in [0.717, 1.165) is 29.4 Å². The van der Waals surface area contributed by atoms with E-state index in [2.05, 4.69) is 22.1 Å². The number of amides is 1. The lowest BCUT2D eigenvalue weighted by molar-refractivity contribution is 0.0937. The van der Waals surface area contributed by atoms with Crippen molar-refractivity contribution in [2.24, 2.45) is 0 Å². The van der Waals surface area contributed by atoms with Crippen LogP contribution in [0.3, 0.4) is 0 Å². The van der Waals surface area contributed by atoms with Crippen LogP contribution in [-0.4, -0.2) is 41.5 Å². The number of carbonyl (C=O) groups is 1. The van der Waals surface area contributed by atoms with Gasteiger partial charge in [-0.3, -0.25) is 9.69 Å². The lowest BCUT2D eigenvalue weighted by atomic mass is 10.2. The van der Waals surface area contributed by atoms with Crippen molar-refractivity contribution in [1.29, 1.82) is 0 Å². The first kappa shape index (κ1) is 17.0. The van der Waals surface area contributed by atoms with Crippen molar-refractivity contribution < 1.29 is 4.79 Å². The van der Waals surface area contributed by atoms with Gasteiger partial charge in [-0.1, -0.05) is 36.9 Å². The molecule has 1 fully saturated rings. The molecule has 1 aromatic heterocycles. The minimum absolute atomic E-state index is 0.0375. The predicted octanol–water partition coefficient (Wildman–Crippen LogP) is 3.45. The molecule has 1 N–H and O–H groups in total. The van der Waals surface area contributed by atoms with E-state index in [9.17, 15) is 4.79 Å². The Labute approximate surface area is 147 Å². The highest BCUT2D eigenvalue weighted by atomic mass is 32.2. The van der Waals surface area contributed by atoms with Crippen LogP contribution in [0, 0.1) is 0 Å². The molecule has 0 radical (unpaired) electrons. The summed E-state index contributed by atoms with van der Waals surface area (Å²) in [6.45, 7) is 5.06. The number of nitrogens with zero attached hydrogens (tertiary/aromatic N) is 2. The third kappa shape index (κ3) is 4.16. The van der Waals surface area contributed by atoms with Gasteiger partial charge in [0, 0.05) is 23.7 Å². The molecule has 1 aliphatic rings. The minimum Gasteiger partial charge on any atom is -0.350 e. The summed E-state index contributed by atoms with van der Waals surface area (Å²) < 4.78 is 0. The zero-order chi connectivity index (χ0) is 16.8. The number of hydrogen-bond donors (Lipinski definition) is 1. The number of aromatic nitrogens is 1. The molecule has 2 heterocycles. The van der Waals surface area contributed by atoms with Crippen LogP contribution in [0.25, 0.3) is 0 Å². The molecule has 1 atom stereocenters. The molecular formula is C19H23N3OS.